The summed E-state index contributed by atoms with van der Waals surface area (Å²) in [7, 11) is 5.47. The van der Waals surface area contributed by atoms with Crippen LogP contribution in [0, 0.1) is 0 Å². The van der Waals surface area contributed by atoms with Crippen LogP contribution >= 0.6 is 0 Å². The fraction of sp³-hybridized carbons (Fsp3) is 0.500. The quantitative estimate of drug-likeness (QED) is 0.787. The number of ether oxygens (including phenoxy) is 2. The first-order chi connectivity index (χ1) is 13.4. The molecule has 0 spiro atoms. The number of carbonyl (C=O) groups is 2. The molecule has 5 atom stereocenters. The van der Waals surface area contributed by atoms with Gasteiger partial charge in [-0.2, -0.15) is 0 Å². The summed E-state index contributed by atoms with van der Waals surface area (Å²) >= 11 is 0. The van der Waals surface area contributed by atoms with E-state index in [4.69, 9.17) is 9.47 Å². The number of carbonyl (C=O) groups excluding carboxylic acids is 2. The molecule has 2 saturated heterocycles. The highest BCUT2D eigenvalue weighted by Gasteiger charge is 2.54. The van der Waals surface area contributed by atoms with E-state index < -0.39 is 18.2 Å². The Bertz CT molecular complexity index is 888. The van der Waals surface area contributed by atoms with Gasteiger partial charge in [0.05, 0.1) is 6.04 Å². The Kier molecular flexibility index (Phi) is 4.76. The Morgan fingerprint density at radius 3 is 2.00 bits per heavy atom. The van der Waals surface area contributed by atoms with E-state index in [1.807, 2.05) is 11.9 Å². The van der Waals surface area contributed by atoms with E-state index in [0.29, 0.717) is 24.2 Å². The molecule has 8 heteroatoms. The third-order valence-electron chi connectivity index (χ3n) is 5.99. The molecule has 5 unspecified atom stereocenters. The molecule has 2 aromatic rings. The summed E-state index contributed by atoms with van der Waals surface area (Å²) in [6, 6.07) is 6.53. The number of hydrogen-bond acceptors (Lipinski definition) is 6. The first-order valence-electron chi connectivity index (χ1n) is 9.41. The molecule has 4 heterocycles. The number of aliphatic hydroxyl groups is 1. The fourth-order valence-electron chi connectivity index (χ4n) is 4.39. The maximum atomic E-state index is 12.5. The van der Waals surface area contributed by atoms with Gasteiger partial charge in [0.2, 0.25) is 0 Å². The molecular formula is C20H25N3O5. The number of hydrogen-bond donors (Lipinski definition) is 1. The van der Waals surface area contributed by atoms with Crippen LogP contribution in [0.15, 0.2) is 36.7 Å². The lowest BCUT2D eigenvalue weighted by Gasteiger charge is -2.36. The minimum Gasteiger partial charge on any atom is -0.458 e. The van der Waals surface area contributed by atoms with E-state index in [1.165, 1.54) is 0 Å². The summed E-state index contributed by atoms with van der Waals surface area (Å²) in [5, 5.41) is 10.8. The van der Waals surface area contributed by atoms with Gasteiger partial charge in [-0.15, -0.1) is 0 Å². The number of aryl methyl sites for hydroxylation is 2. The van der Waals surface area contributed by atoms with Crippen molar-refractivity contribution in [1.29, 1.82) is 0 Å². The largest absolute Gasteiger partial charge is 0.458 e. The molecule has 0 saturated carbocycles. The van der Waals surface area contributed by atoms with Crippen LogP contribution in [-0.4, -0.2) is 68.5 Å². The highest BCUT2D eigenvalue weighted by molar-refractivity contribution is 5.88. The smallest absolute Gasteiger partial charge is 0.355 e. The molecule has 0 aliphatic carbocycles. The number of rotatable bonds is 4. The third kappa shape index (κ3) is 3.12. The molecule has 8 nitrogen and oxygen atoms in total. The normalized spacial score (nSPS) is 29.6. The Morgan fingerprint density at radius 2 is 1.46 bits per heavy atom. The van der Waals surface area contributed by atoms with Crippen LogP contribution in [0.5, 0.6) is 0 Å². The molecule has 2 fully saturated rings. The van der Waals surface area contributed by atoms with Crippen molar-refractivity contribution < 1.29 is 24.2 Å². The lowest BCUT2D eigenvalue weighted by Crippen LogP contribution is -2.46. The van der Waals surface area contributed by atoms with Crippen LogP contribution in [0.25, 0.3) is 0 Å². The van der Waals surface area contributed by atoms with Crippen LogP contribution in [0.3, 0.4) is 0 Å². The van der Waals surface area contributed by atoms with Gasteiger partial charge in [0, 0.05) is 45.4 Å². The second kappa shape index (κ2) is 7.10. The zero-order chi connectivity index (χ0) is 20.0. The van der Waals surface area contributed by atoms with E-state index in [2.05, 4.69) is 0 Å². The van der Waals surface area contributed by atoms with Gasteiger partial charge in [-0.05, 0) is 31.3 Å². The van der Waals surface area contributed by atoms with Crippen LogP contribution in [0.2, 0.25) is 0 Å². The van der Waals surface area contributed by atoms with Crippen molar-refractivity contribution in [2.24, 2.45) is 14.1 Å². The summed E-state index contributed by atoms with van der Waals surface area (Å²) in [5.41, 5.74) is 0.918. The van der Waals surface area contributed by atoms with Crippen molar-refractivity contribution in [3.63, 3.8) is 0 Å². The molecular weight excluding hydrogens is 362 g/mol. The van der Waals surface area contributed by atoms with Gasteiger partial charge in [0.1, 0.15) is 29.7 Å². The van der Waals surface area contributed by atoms with Crippen LogP contribution in [0.4, 0.5) is 0 Å². The van der Waals surface area contributed by atoms with Gasteiger partial charge in [0.15, 0.2) is 0 Å². The monoisotopic (exact) mass is 387 g/mol. The second-order valence-corrected chi connectivity index (χ2v) is 7.67. The molecule has 4 rings (SSSR count). The molecule has 2 aromatic heterocycles. The lowest BCUT2D eigenvalue weighted by atomic mass is 10.00. The van der Waals surface area contributed by atoms with E-state index >= 15 is 0 Å². The zero-order valence-electron chi connectivity index (χ0n) is 16.2. The second-order valence-electron chi connectivity index (χ2n) is 7.67. The van der Waals surface area contributed by atoms with E-state index in [1.54, 1.807) is 59.9 Å². The summed E-state index contributed by atoms with van der Waals surface area (Å²) in [5.74, 6) is -0.844. The van der Waals surface area contributed by atoms with Gasteiger partial charge in [-0.3, -0.25) is 4.90 Å². The Morgan fingerprint density at radius 1 is 0.929 bits per heavy atom. The Balaban J connectivity index is 1.46. The number of nitrogens with zero attached hydrogens (tertiary/aromatic N) is 3. The average Bonchev–Trinajstić information content (AvgIpc) is 3.30. The SMILES string of the molecule is CN1C2CC(OC(=O)c3cccn3C)CC1C(OC(=O)c1cccn1C)C2O. The summed E-state index contributed by atoms with van der Waals surface area (Å²) < 4.78 is 14.8. The first kappa shape index (κ1) is 18.8. The van der Waals surface area contributed by atoms with Gasteiger partial charge < -0.3 is 23.7 Å². The van der Waals surface area contributed by atoms with Gasteiger partial charge in [-0.25, -0.2) is 9.59 Å². The van der Waals surface area contributed by atoms with Crippen molar-refractivity contribution in [1.82, 2.24) is 14.0 Å². The van der Waals surface area contributed by atoms with Crippen molar-refractivity contribution in [2.75, 3.05) is 7.05 Å². The van der Waals surface area contributed by atoms with Crippen molar-refractivity contribution in [3.8, 4) is 0 Å². The number of likely N-dealkylation sites (N-methyl/N-ethyl adjacent to an activating group) is 1. The number of aromatic nitrogens is 2. The fourth-order valence-corrected chi connectivity index (χ4v) is 4.39. The molecule has 2 bridgehead atoms. The predicted octanol–water partition coefficient (Wildman–Crippen LogP) is 0.952. The van der Waals surface area contributed by atoms with E-state index in [9.17, 15) is 14.7 Å². The predicted molar refractivity (Wildman–Crippen MR) is 99.8 cm³/mol. The summed E-state index contributed by atoms with van der Waals surface area (Å²) in [4.78, 5) is 27.0. The molecule has 0 radical (unpaired) electrons. The molecule has 150 valence electrons. The van der Waals surface area contributed by atoms with Gasteiger partial charge in [-0.1, -0.05) is 0 Å². The Labute approximate surface area is 163 Å². The van der Waals surface area contributed by atoms with E-state index in [-0.39, 0.29) is 24.2 Å². The highest BCUT2D eigenvalue weighted by atomic mass is 16.6. The van der Waals surface area contributed by atoms with Gasteiger partial charge >= 0.3 is 11.9 Å². The van der Waals surface area contributed by atoms with Gasteiger partial charge in [0.25, 0.3) is 0 Å². The molecule has 28 heavy (non-hydrogen) atoms. The molecule has 2 aliphatic heterocycles. The number of esters is 2. The summed E-state index contributed by atoms with van der Waals surface area (Å²) in [6.07, 6.45) is 2.76. The van der Waals surface area contributed by atoms with Crippen molar-refractivity contribution in [3.05, 3.63) is 48.0 Å². The van der Waals surface area contributed by atoms with Crippen molar-refractivity contribution in [2.45, 2.75) is 43.2 Å². The highest BCUT2D eigenvalue weighted by Crippen LogP contribution is 2.38. The van der Waals surface area contributed by atoms with Crippen LogP contribution < -0.4 is 0 Å². The zero-order valence-corrected chi connectivity index (χ0v) is 16.2. The first-order valence-corrected chi connectivity index (χ1v) is 9.41. The maximum absolute atomic E-state index is 12.5. The number of piperidine rings is 1. The minimum atomic E-state index is -0.821. The Hall–Kier alpha value is -2.58. The maximum Gasteiger partial charge on any atom is 0.355 e. The summed E-state index contributed by atoms with van der Waals surface area (Å²) in [6.45, 7) is 0. The molecule has 0 aromatic carbocycles. The molecule has 2 aliphatic rings. The lowest BCUT2D eigenvalue weighted by molar-refractivity contribution is -0.0181. The standard InChI is InChI=1S/C20H25N3O5/c1-21-8-4-6-13(21)19(25)27-12-10-15-17(24)18(16(11-12)23(15)3)28-20(26)14-7-5-9-22(14)2/h4-9,12,15-18,24H,10-11H2,1-3H3. The van der Waals surface area contributed by atoms with E-state index in [0.717, 1.165) is 0 Å². The average molecular weight is 387 g/mol. The molecule has 1 N–H and O–H groups in total. The number of aliphatic hydroxyl groups excluding tert-OH is 1. The third-order valence-corrected chi connectivity index (χ3v) is 5.99. The van der Waals surface area contributed by atoms with Crippen LogP contribution in [0.1, 0.15) is 33.8 Å². The minimum absolute atomic E-state index is 0.204. The molecule has 0 amide bonds. The topological polar surface area (TPSA) is 85.9 Å². The van der Waals surface area contributed by atoms with Crippen LogP contribution in [-0.2, 0) is 23.6 Å². The number of fused-ring (bicyclic) bond motifs is 2. The van der Waals surface area contributed by atoms with Crippen molar-refractivity contribution >= 4 is 11.9 Å².